The zero-order chi connectivity index (χ0) is 16.7. The minimum Gasteiger partial charge on any atom is -0.494 e. The van der Waals surface area contributed by atoms with Crippen LogP contribution in [-0.4, -0.2) is 54.8 Å². The number of nitrogens with zero attached hydrogens (tertiary/aromatic N) is 1. The lowest BCUT2D eigenvalue weighted by Crippen LogP contribution is -2.43. The van der Waals surface area contributed by atoms with Gasteiger partial charge in [-0.15, -0.1) is 0 Å². The Hall–Kier alpha value is -1.59. The molecule has 5 heteroatoms. The molecule has 1 aromatic carbocycles. The Labute approximate surface area is 138 Å². The number of hydrogen-bond acceptors (Lipinski definition) is 4. The third kappa shape index (κ3) is 5.84. The second kappa shape index (κ2) is 8.89. The molecule has 128 valence electrons. The molecule has 0 saturated carbocycles. The first-order valence-electron chi connectivity index (χ1n) is 8.50. The van der Waals surface area contributed by atoms with Crippen molar-refractivity contribution in [2.24, 2.45) is 5.92 Å². The quantitative estimate of drug-likeness (QED) is 0.805. The standard InChI is InChI=1S/C18H28N2O3/c1-3-23-17-6-4-15(5-7-17)18(22)19-12-16(21)13-20-10-8-14(2)9-11-20/h4-7,14,16,21H,3,8-13H2,1-2H3,(H,19,22)/t16-/m1/s1. The summed E-state index contributed by atoms with van der Waals surface area (Å²) < 4.78 is 5.35. The molecule has 1 aliphatic rings. The lowest BCUT2D eigenvalue weighted by molar-refractivity contribution is 0.0795. The SMILES string of the molecule is CCOc1ccc(C(=O)NC[C@@H](O)CN2CCC(C)CC2)cc1. The normalized spacial score (nSPS) is 17.7. The molecule has 5 nitrogen and oxygen atoms in total. The van der Waals surface area contributed by atoms with E-state index < -0.39 is 6.10 Å². The molecule has 0 aliphatic carbocycles. The number of ether oxygens (including phenoxy) is 1. The Balaban J connectivity index is 1.72. The van der Waals surface area contributed by atoms with Crippen LogP contribution in [0, 0.1) is 5.92 Å². The molecule has 0 spiro atoms. The van der Waals surface area contributed by atoms with Gasteiger partial charge in [-0.25, -0.2) is 0 Å². The molecule has 1 fully saturated rings. The number of benzene rings is 1. The Bertz CT molecular complexity index is 482. The van der Waals surface area contributed by atoms with E-state index >= 15 is 0 Å². The number of carbonyl (C=O) groups is 1. The highest BCUT2D eigenvalue weighted by molar-refractivity contribution is 5.94. The zero-order valence-electron chi connectivity index (χ0n) is 14.1. The van der Waals surface area contributed by atoms with Crippen LogP contribution in [0.2, 0.25) is 0 Å². The van der Waals surface area contributed by atoms with Crippen LogP contribution in [0.25, 0.3) is 0 Å². The summed E-state index contributed by atoms with van der Waals surface area (Å²) >= 11 is 0. The minimum absolute atomic E-state index is 0.167. The van der Waals surface area contributed by atoms with Crippen LogP contribution in [0.1, 0.15) is 37.0 Å². The zero-order valence-corrected chi connectivity index (χ0v) is 14.1. The summed E-state index contributed by atoms with van der Waals surface area (Å²) in [6.07, 6.45) is 1.84. The predicted molar refractivity (Wildman–Crippen MR) is 90.8 cm³/mol. The second-order valence-corrected chi connectivity index (χ2v) is 6.30. The molecule has 1 saturated heterocycles. The third-order valence-electron chi connectivity index (χ3n) is 4.27. The monoisotopic (exact) mass is 320 g/mol. The highest BCUT2D eigenvalue weighted by Gasteiger charge is 2.18. The fourth-order valence-corrected chi connectivity index (χ4v) is 2.79. The molecular formula is C18H28N2O3. The molecule has 1 aromatic rings. The van der Waals surface area contributed by atoms with Crippen molar-refractivity contribution in [3.63, 3.8) is 0 Å². The Morgan fingerprint density at radius 1 is 1.35 bits per heavy atom. The maximum atomic E-state index is 12.1. The molecule has 23 heavy (non-hydrogen) atoms. The average Bonchev–Trinajstić information content (AvgIpc) is 2.56. The summed E-state index contributed by atoms with van der Waals surface area (Å²) in [6.45, 7) is 7.76. The molecule has 2 rings (SSSR count). The predicted octanol–water partition coefficient (Wildman–Crippen LogP) is 1.91. The van der Waals surface area contributed by atoms with Crippen molar-refractivity contribution in [3.8, 4) is 5.75 Å². The van der Waals surface area contributed by atoms with Crippen LogP contribution in [0.5, 0.6) is 5.75 Å². The topological polar surface area (TPSA) is 61.8 Å². The molecule has 1 atom stereocenters. The molecular weight excluding hydrogens is 292 g/mol. The molecule has 0 bridgehead atoms. The number of likely N-dealkylation sites (tertiary alicyclic amines) is 1. The lowest BCUT2D eigenvalue weighted by atomic mass is 9.99. The molecule has 1 amide bonds. The minimum atomic E-state index is -0.532. The fourth-order valence-electron chi connectivity index (χ4n) is 2.79. The van der Waals surface area contributed by atoms with Crippen LogP contribution in [0.3, 0.4) is 0 Å². The van der Waals surface area contributed by atoms with Gasteiger partial charge >= 0.3 is 0 Å². The number of nitrogens with one attached hydrogen (secondary N) is 1. The average molecular weight is 320 g/mol. The number of piperidine rings is 1. The van der Waals surface area contributed by atoms with Crippen LogP contribution in [0.4, 0.5) is 0 Å². The maximum Gasteiger partial charge on any atom is 0.251 e. The van der Waals surface area contributed by atoms with Gasteiger partial charge in [0.1, 0.15) is 5.75 Å². The largest absolute Gasteiger partial charge is 0.494 e. The number of aliphatic hydroxyl groups is 1. The number of β-amino-alcohol motifs (C(OH)–C–C–N with tert-alkyl or cyclic N) is 1. The molecule has 1 aliphatic heterocycles. The number of aliphatic hydroxyl groups excluding tert-OH is 1. The van der Waals surface area contributed by atoms with Crippen LogP contribution < -0.4 is 10.1 Å². The van der Waals surface area contributed by atoms with E-state index in [9.17, 15) is 9.90 Å². The molecule has 0 aromatic heterocycles. The van der Waals surface area contributed by atoms with E-state index in [1.54, 1.807) is 24.3 Å². The van der Waals surface area contributed by atoms with E-state index in [0.717, 1.165) is 24.8 Å². The van der Waals surface area contributed by atoms with Crippen molar-refractivity contribution in [2.45, 2.75) is 32.8 Å². The smallest absolute Gasteiger partial charge is 0.251 e. The van der Waals surface area contributed by atoms with Gasteiger partial charge in [-0.2, -0.15) is 0 Å². The van der Waals surface area contributed by atoms with Gasteiger partial charge in [0.2, 0.25) is 0 Å². The second-order valence-electron chi connectivity index (χ2n) is 6.30. The van der Waals surface area contributed by atoms with E-state index in [2.05, 4.69) is 17.1 Å². The summed E-state index contributed by atoms with van der Waals surface area (Å²) in [5, 5.41) is 12.9. The van der Waals surface area contributed by atoms with E-state index in [-0.39, 0.29) is 12.5 Å². The Morgan fingerprint density at radius 3 is 2.61 bits per heavy atom. The lowest BCUT2D eigenvalue weighted by Gasteiger charge is -2.31. The van der Waals surface area contributed by atoms with Crippen molar-refractivity contribution in [2.75, 3.05) is 32.8 Å². The van der Waals surface area contributed by atoms with Gasteiger partial charge in [0.25, 0.3) is 5.91 Å². The fraction of sp³-hybridized carbons (Fsp3) is 0.611. The first-order valence-corrected chi connectivity index (χ1v) is 8.50. The first-order chi connectivity index (χ1) is 11.1. The van der Waals surface area contributed by atoms with Crippen molar-refractivity contribution in [3.05, 3.63) is 29.8 Å². The molecule has 0 unspecified atom stereocenters. The Kier molecular flexibility index (Phi) is 6.86. The molecule has 2 N–H and O–H groups in total. The van der Waals surface area contributed by atoms with Crippen LogP contribution in [0.15, 0.2) is 24.3 Å². The number of hydrogen-bond donors (Lipinski definition) is 2. The number of carbonyl (C=O) groups excluding carboxylic acids is 1. The highest BCUT2D eigenvalue weighted by atomic mass is 16.5. The van der Waals surface area contributed by atoms with E-state index in [1.807, 2.05) is 6.92 Å². The van der Waals surface area contributed by atoms with E-state index in [0.29, 0.717) is 18.7 Å². The van der Waals surface area contributed by atoms with Gasteiger partial charge in [-0.05, 0) is 63.0 Å². The van der Waals surface area contributed by atoms with Gasteiger partial charge < -0.3 is 20.1 Å². The van der Waals surface area contributed by atoms with E-state index in [1.165, 1.54) is 12.8 Å². The Morgan fingerprint density at radius 2 is 2.00 bits per heavy atom. The van der Waals surface area contributed by atoms with Crippen LogP contribution >= 0.6 is 0 Å². The number of amides is 1. The summed E-state index contributed by atoms with van der Waals surface area (Å²) in [7, 11) is 0. The maximum absolute atomic E-state index is 12.1. The van der Waals surface area contributed by atoms with E-state index in [4.69, 9.17) is 4.74 Å². The van der Waals surface area contributed by atoms with Crippen LogP contribution in [-0.2, 0) is 0 Å². The van der Waals surface area contributed by atoms with Crippen molar-refractivity contribution in [1.29, 1.82) is 0 Å². The van der Waals surface area contributed by atoms with Crippen molar-refractivity contribution >= 4 is 5.91 Å². The van der Waals surface area contributed by atoms with Gasteiger partial charge in [0, 0.05) is 18.7 Å². The first kappa shape index (κ1) is 17.8. The summed E-state index contributed by atoms with van der Waals surface area (Å²) in [5.74, 6) is 1.37. The summed E-state index contributed by atoms with van der Waals surface area (Å²) in [4.78, 5) is 14.3. The summed E-state index contributed by atoms with van der Waals surface area (Å²) in [6, 6.07) is 7.03. The molecule has 1 heterocycles. The van der Waals surface area contributed by atoms with Crippen molar-refractivity contribution in [1.82, 2.24) is 10.2 Å². The van der Waals surface area contributed by atoms with Gasteiger partial charge in [0.15, 0.2) is 0 Å². The number of rotatable bonds is 7. The molecule has 0 radical (unpaired) electrons. The van der Waals surface area contributed by atoms with Gasteiger partial charge in [-0.3, -0.25) is 4.79 Å². The summed E-state index contributed by atoms with van der Waals surface area (Å²) in [5.41, 5.74) is 0.576. The highest BCUT2D eigenvalue weighted by Crippen LogP contribution is 2.16. The van der Waals surface area contributed by atoms with Gasteiger partial charge in [0.05, 0.1) is 12.7 Å². The van der Waals surface area contributed by atoms with Crippen molar-refractivity contribution < 1.29 is 14.6 Å². The third-order valence-corrected chi connectivity index (χ3v) is 4.27. The van der Waals surface area contributed by atoms with Gasteiger partial charge in [-0.1, -0.05) is 6.92 Å².